The van der Waals surface area contributed by atoms with Gasteiger partial charge in [0.15, 0.2) is 0 Å². The summed E-state index contributed by atoms with van der Waals surface area (Å²) < 4.78 is 40.7. The molecular weight excluding hydrogens is 469 g/mol. The summed E-state index contributed by atoms with van der Waals surface area (Å²) in [6, 6.07) is 18.9. The number of ether oxygens (including phenoxy) is 1. The van der Waals surface area contributed by atoms with Crippen LogP contribution < -0.4 is 10.1 Å². The molecule has 0 saturated carbocycles. The number of fused-ring (bicyclic) bond motifs is 1. The molecule has 1 aromatic heterocycles. The second-order valence-electron chi connectivity index (χ2n) is 9.12. The van der Waals surface area contributed by atoms with Gasteiger partial charge in [0.1, 0.15) is 17.3 Å². The summed E-state index contributed by atoms with van der Waals surface area (Å²) >= 11 is 0. The fourth-order valence-corrected chi connectivity index (χ4v) is 6.67. The lowest BCUT2D eigenvalue weighted by molar-refractivity contribution is 0.0915. The van der Waals surface area contributed by atoms with Crippen molar-refractivity contribution in [2.45, 2.75) is 18.9 Å². The van der Waals surface area contributed by atoms with Gasteiger partial charge in [-0.05, 0) is 67.9 Å². The number of carbonyl (C=O) groups is 1. The molecule has 1 amide bonds. The summed E-state index contributed by atoms with van der Waals surface area (Å²) in [7, 11) is -1.07. The highest BCUT2D eigenvalue weighted by molar-refractivity contribution is 8.24. The summed E-state index contributed by atoms with van der Waals surface area (Å²) in [4.78, 5) is 13.2. The highest BCUT2D eigenvalue weighted by Crippen LogP contribution is 2.50. The SMILES string of the molecule is COc1cccc(-c2nn(-c3ccc(F)cc3)c3cc(C(=O)NC4(C)CCS(O)(O)C4)ccc23)c1. The largest absolute Gasteiger partial charge is 0.497 e. The molecule has 35 heavy (non-hydrogen) atoms. The molecule has 5 rings (SSSR count). The van der Waals surface area contributed by atoms with E-state index in [4.69, 9.17) is 9.84 Å². The number of nitrogens with zero attached hydrogens (tertiary/aromatic N) is 2. The van der Waals surface area contributed by atoms with Crippen molar-refractivity contribution < 1.29 is 23.0 Å². The Hall–Kier alpha value is -3.40. The first-order chi connectivity index (χ1) is 16.7. The van der Waals surface area contributed by atoms with E-state index in [1.807, 2.05) is 37.3 Å². The molecule has 1 unspecified atom stereocenters. The van der Waals surface area contributed by atoms with Gasteiger partial charge >= 0.3 is 0 Å². The van der Waals surface area contributed by atoms with E-state index in [1.165, 1.54) is 12.1 Å². The van der Waals surface area contributed by atoms with Gasteiger partial charge in [-0.3, -0.25) is 13.9 Å². The van der Waals surface area contributed by atoms with Crippen molar-refractivity contribution in [2.75, 3.05) is 18.6 Å². The van der Waals surface area contributed by atoms with Gasteiger partial charge in [0.05, 0.1) is 29.6 Å². The zero-order chi connectivity index (χ0) is 24.8. The number of carbonyl (C=O) groups excluding carboxylic acids is 1. The van der Waals surface area contributed by atoms with E-state index in [0.29, 0.717) is 34.6 Å². The van der Waals surface area contributed by atoms with E-state index >= 15 is 0 Å². The van der Waals surface area contributed by atoms with Crippen LogP contribution >= 0.6 is 10.6 Å². The van der Waals surface area contributed by atoms with Crippen molar-refractivity contribution >= 4 is 27.4 Å². The minimum Gasteiger partial charge on any atom is -0.497 e. The van der Waals surface area contributed by atoms with Crippen LogP contribution in [-0.2, 0) is 0 Å². The van der Waals surface area contributed by atoms with Crippen LogP contribution in [0.2, 0.25) is 0 Å². The Morgan fingerprint density at radius 3 is 2.60 bits per heavy atom. The summed E-state index contributed by atoms with van der Waals surface area (Å²) in [6.07, 6.45) is 0.497. The van der Waals surface area contributed by atoms with Gasteiger partial charge in [0.25, 0.3) is 5.91 Å². The normalized spacial score (nSPS) is 20.0. The minimum absolute atomic E-state index is 0.140. The lowest BCUT2D eigenvalue weighted by Gasteiger charge is -2.30. The van der Waals surface area contributed by atoms with Crippen LogP contribution in [0.5, 0.6) is 5.75 Å². The average Bonchev–Trinajstić information content (AvgIpc) is 3.35. The number of halogens is 1. The molecule has 182 valence electrons. The van der Waals surface area contributed by atoms with Gasteiger partial charge in [-0.1, -0.05) is 12.1 Å². The number of methoxy groups -OCH3 is 1. The van der Waals surface area contributed by atoms with Crippen molar-refractivity contribution in [2.24, 2.45) is 0 Å². The molecule has 4 aromatic rings. The van der Waals surface area contributed by atoms with Crippen LogP contribution in [0.1, 0.15) is 23.7 Å². The number of hydrogen-bond acceptors (Lipinski definition) is 5. The first kappa shape index (κ1) is 23.3. The molecule has 0 radical (unpaired) electrons. The third-order valence-corrected chi connectivity index (χ3v) is 8.26. The summed E-state index contributed by atoms with van der Waals surface area (Å²) in [5.41, 5.74) is 2.61. The molecule has 3 N–H and O–H groups in total. The van der Waals surface area contributed by atoms with Crippen LogP contribution in [0.3, 0.4) is 0 Å². The van der Waals surface area contributed by atoms with E-state index in [1.54, 1.807) is 36.1 Å². The molecule has 0 aliphatic carbocycles. The van der Waals surface area contributed by atoms with Gasteiger partial charge in [0.2, 0.25) is 0 Å². The fourth-order valence-electron chi connectivity index (χ4n) is 4.51. The number of aromatic nitrogens is 2. The molecule has 1 aliphatic heterocycles. The first-order valence-corrected chi connectivity index (χ1v) is 13.0. The maximum absolute atomic E-state index is 13.6. The Bertz CT molecular complexity index is 1420. The third kappa shape index (κ3) is 4.62. The van der Waals surface area contributed by atoms with E-state index in [0.717, 1.165) is 10.9 Å². The van der Waals surface area contributed by atoms with E-state index in [-0.39, 0.29) is 23.2 Å². The Morgan fingerprint density at radius 1 is 1.14 bits per heavy atom. The van der Waals surface area contributed by atoms with E-state index in [2.05, 4.69) is 5.32 Å². The third-order valence-electron chi connectivity index (χ3n) is 6.30. The zero-order valence-electron chi connectivity index (χ0n) is 19.4. The minimum atomic E-state index is -2.67. The quantitative estimate of drug-likeness (QED) is 0.341. The van der Waals surface area contributed by atoms with Crippen LogP contribution in [0, 0.1) is 5.82 Å². The predicted molar refractivity (Wildman–Crippen MR) is 136 cm³/mol. The van der Waals surface area contributed by atoms with Crippen molar-refractivity contribution in [3.63, 3.8) is 0 Å². The van der Waals surface area contributed by atoms with Gasteiger partial charge in [0, 0.05) is 22.3 Å². The summed E-state index contributed by atoms with van der Waals surface area (Å²) in [5, 5.41) is 8.61. The van der Waals surface area contributed by atoms with Crippen molar-refractivity contribution in [1.82, 2.24) is 15.1 Å². The van der Waals surface area contributed by atoms with Crippen LogP contribution in [0.4, 0.5) is 4.39 Å². The molecule has 9 heteroatoms. The second-order valence-corrected chi connectivity index (χ2v) is 11.4. The summed E-state index contributed by atoms with van der Waals surface area (Å²) in [5.74, 6) is 0.458. The van der Waals surface area contributed by atoms with Gasteiger partial charge in [-0.2, -0.15) is 15.7 Å². The van der Waals surface area contributed by atoms with Crippen molar-refractivity contribution in [3.05, 3.63) is 78.1 Å². The second kappa shape index (κ2) is 8.67. The van der Waals surface area contributed by atoms with Crippen molar-refractivity contribution in [3.8, 4) is 22.7 Å². The Kier molecular flexibility index (Phi) is 5.79. The topological polar surface area (TPSA) is 96.6 Å². The highest BCUT2D eigenvalue weighted by Gasteiger charge is 2.39. The highest BCUT2D eigenvalue weighted by atomic mass is 32.3. The summed E-state index contributed by atoms with van der Waals surface area (Å²) in [6.45, 7) is 1.83. The number of amides is 1. The monoisotopic (exact) mass is 495 g/mol. The molecule has 0 spiro atoms. The van der Waals surface area contributed by atoms with Crippen LogP contribution in [0.15, 0.2) is 66.7 Å². The van der Waals surface area contributed by atoms with Gasteiger partial charge < -0.3 is 10.1 Å². The fraction of sp³-hybridized carbons (Fsp3) is 0.231. The Morgan fingerprint density at radius 2 is 1.91 bits per heavy atom. The molecule has 7 nitrogen and oxygen atoms in total. The molecule has 1 aliphatic rings. The van der Waals surface area contributed by atoms with Gasteiger partial charge in [-0.15, -0.1) is 0 Å². The average molecular weight is 496 g/mol. The Labute approximate surface area is 203 Å². The lowest BCUT2D eigenvalue weighted by atomic mass is 10.0. The number of benzene rings is 3. The molecule has 1 fully saturated rings. The molecule has 1 atom stereocenters. The maximum atomic E-state index is 13.6. The van der Waals surface area contributed by atoms with Crippen molar-refractivity contribution in [1.29, 1.82) is 0 Å². The first-order valence-electron chi connectivity index (χ1n) is 11.2. The zero-order valence-corrected chi connectivity index (χ0v) is 20.2. The molecule has 1 saturated heterocycles. The van der Waals surface area contributed by atoms with E-state index in [9.17, 15) is 18.3 Å². The van der Waals surface area contributed by atoms with E-state index < -0.39 is 16.1 Å². The predicted octanol–water partition coefficient (Wildman–Crippen LogP) is 5.48. The number of rotatable bonds is 5. The smallest absolute Gasteiger partial charge is 0.251 e. The van der Waals surface area contributed by atoms with Crippen LogP contribution in [-0.4, -0.2) is 48.9 Å². The van der Waals surface area contributed by atoms with Gasteiger partial charge in [-0.25, -0.2) is 9.07 Å². The molecule has 0 bridgehead atoms. The number of hydrogen-bond donors (Lipinski definition) is 3. The molecule has 3 aromatic carbocycles. The standard InChI is InChI=1S/C26H26FN3O4S/c1-26(12-13-35(32,33)16-26)28-25(31)18-6-11-22-23(15-18)30(20-9-7-19(27)8-10-20)29-24(22)17-4-3-5-21(14-17)34-2/h3-11,14-15,32-33H,12-13,16H2,1-2H3,(H,28,31). The number of nitrogens with one attached hydrogen (secondary N) is 1. The molecular formula is C26H26FN3O4S. The molecule has 2 heterocycles. The van der Waals surface area contributed by atoms with Crippen LogP contribution in [0.25, 0.3) is 27.8 Å². The lowest BCUT2D eigenvalue weighted by Crippen LogP contribution is -2.46. The Balaban J connectivity index is 1.59. The maximum Gasteiger partial charge on any atom is 0.251 e.